The standard InChI is InChI=1S/C24H29N3/c1-3-4-5-6-7-24(23-14-17-26-18-23)27-19(2)20-8-10-21-12-15-25-16-13-22(21)11-9-20/h3-6,8,10-11,13,15-16,23-24,26-27H,2,7,12,14,17-18H2,1H3/b4-3-,6-5-/t23-,24-/m1/s1. The van der Waals surface area contributed by atoms with Crippen LogP contribution in [0.25, 0.3) is 0 Å². The van der Waals surface area contributed by atoms with Crippen molar-refractivity contribution in [1.82, 2.24) is 10.6 Å². The van der Waals surface area contributed by atoms with Crippen LogP contribution in [0.4, 0.5) is 0 Å². The molecule has 0 bridgehead atoms. The Morgan fingerprint density at radius 3 is 3.15 bits per heavy atom. The Morgan fingerprint density at radius 2 is 2.33 bits per heavy atom. The van der Waals surface area contributed by atoms with Crippen LogP contribution in [-0.2, 0) is 0 Å². The Kier molecular flexibility index (Phi) is 7.04. The first-order chi connectivity index (χ1) is 13.3. The molecule has 0 amide bonds. The molecule has 2 N–H and O–H groups in total. The van der Waals surface area contributed by atoms with E-state index in [0.717, 1.165) is 42.8 Å². The zero-order valence-electron chi connectivity index (χ0n) is 16.1. The van der Waals surface area contributed by atoms with Gasteiger partial charge < -0.3 is 10.6 Å². The maximum Gasteiger partial charge on any atom is 0.0422 e. The van der Waals surface area contributed by atoms with Crippen molar-refractivity contribution in [3.05, 3.63) is 89.5 Å². The van der Waals surface area contributed by atoms with E-state index in [4.69, 9.17) is 0 Å². The summed E-state index contributed by atoms with van der Waals surface area (Å²) < 4.78 is 0. The van der Waals surface area contributed by atoms with Crippen molar-refractivity contribution in [2.45, 2.75) is 32.2 Å². The van der Waals surface area contributed by atoms with Crippen LogP contribution in [0.15, 0.2) is 94.5 Å². The van der Waals surface area contributed by atoms with Crippen LogP contribution in [0.5, 0.6) is 0 Å². The lowest BCUT2D eigenvalue weighted by Crippen LogP contribution is -2.36. The Hall–Kier alpha value is -2.61. The second-order valence-electron chi connectivity index (χ2n) is 7.04. The van der Waals surface area contributed by atoms with Crippen LogP contribution >= 0.6 is 0 Å². The summed E-state index contributed by atoms with van der Waals surface area (Å²) in [6, 6.07) is 0.373. The Bertz CT molecular complexity index is 789. The highest BCUT2D eigenvalue weighted by molar-refractivity contribution is 5.67. The van der Waals surface area contributed by atoms with Crippen molar-refractivity contribution in [2.75, 3.05) is 13.1 Å². The molecule has 2 aliphatic heterocycles. The Morgan fingerprint density at radius 1 is 1.41 bits per heavy atom. The lowest BCUT2D eigenvalue weighted by molar-refractivity contribution is 0.405. The van der Waals surface area contributed by atoms with Gasteiger partial charge in [-0.3, -0.25) is 4.99 Å². The summed E-state index contributed by atoms with van der Waals surface area (Å²) in [5.74, 6) is 0.616. The lowest BCUT2D eigenvalue weighted by Gasteiger charge is -2.25. The second kappa shape index (κ2) is 9.91. The third-order valence-electron chi connectivity index (χ3n) is 5.14. The molecular weight excluding hydrogens is 330 g/mol. The van der Waals surface area contributed by atoms with E-state index >= 15 is 0 Å². The van der Waals surface area contributed by atoms with E-state index in [1.54, 1.807) is 0 Å². The predicted molar refractivity (Wildman–Crippen MR) is 116 cm³/mol. The van der Waals surface area contributed by atoms with Crippen molar-refractivity contribution in [3.63, 3.8) is 0 Å². The van der Waals surface area contributed by atoms with Crippen molar-refractivity contribution < 1.29 is 0 Å². The molecule has 0 aromatic carbocycles. The molecule has 3 heteroatoms. The maximum atomic E-state index is 4.31. The summed E-state index contributed by atoms with van der Waals surface area (Å²) >= 11 is 0. The number of nitrogens with one attached hydrogen (secondary N) is 2. The van der Waals surface area contributed by atoms with E-state index in [9.17, 15) is 0 Å². The monoisotopic (exact) mass is 359 g/mol. The van der Waals surface area contributed by atoms with Crippen LogP contribution in [0.3, 0.4) is 0 Å². The minimum absolute atomic E-state index is 0.373. The molecule has 2 heterocycles. The predicted octanol–water partition coefficient (Wildman–Crippen LogP) is 4.53. The lowest BCUT2D eigenvalue weighted by atomic mass is 9.95. The topological polar surface area (TPSA) is 36.4 Å². The quantitative estimate of drug-likeness (QED) is 0.518. The molecule has 0 aromatic heterocycles. The van der Waals surface area contributed by atoms with Gasteiger partial charge in [0.2, 0.25) is 0 Å². The number of rotatable bonds is 7. The molecule has 27 heavy (non-hydrogen) atoms. The van der Waals surface area contributed by atoms with Crippen LogP contribution in [0, 0.1) is 5.92 Å². The molecule has 0 unspecified atom stereocenters. The van der Waals surface area contributed by atoms with Gasteiger partial charge >= 0.3 is 0 Å². The first-order valence-corrected chi connectivity index (χ1v) is 9.78. The van der Waals surface area contributed by atoms with Gasteiger partial charge in [0, 0.05) is 36.1 Å². The zero-order valence-corrected chi connectivity index (χ0v) is 16.1. The van der Waals surface area contributed by atoms with Crippen molar-refractivity contribution in [1.29, 1.82) is 0 Å². The molecule has 2 atom stereocenters. The molecular formula is C24H29N3. The van der Waals surface area contributed by atoms with Crippen molar-refractivity contribution in [2.24, 2.45) is 10.9 Å². The third kappa shape index (κ3) is 5.43. The minimum atomic E-state index is 0.373. The van der Waals surface area contributed by atoms with E-state index in [-0.39, 0.29) is 0 Å². The van der Waals surface area contributed by atoms with Gasteiger partial charge in [0.1, 0.15) is 0 Å². The van der Waals surface area contributed by atoms with E-state index in [1.165, 1.54) is 12.0 Å². The highest BCUT2D eigenvalue weighted by Gasteiger charge is 2.24. The van der Waals surface area contributed by atoms with Crippen LogP contribution in [-0.4, -0.2) is 25.3 Å². The largest absolute Gasteiger partial charge is 0.381 e. The summed E-state index contributed by atoms with van der Waals surface area (Å²) in [5.41, 5.74) is 7.79. The molecule has 0 spiro atoms. The van der Waals surface area contributed by atoms with Crippen LogP contribution < -0.4 is 10.6 Å². The first-order valence-electron chi connectivity index (χ1n) is 9.78. The fraction of sp³-hybridized carbons (Fsp3) is 0.333. The first kappa shape index (κ1) is 19.2. The third-order valence-corrected chi connectivity index (χ3v) is 5.14. The number of hydrogen-bond donors (Lipinski definition) is 2. The van der Waals surface area contributed by atoms with Crippen LogP contribution in [0.1, 0.15) is 26.2 Å². The fourth-order valence-electron chi connectivity index (χ4n) is 3.55. The maximum absolute atomic E-state index is 4.31. The summed E-state index contributed by atoms with van der Waals surface area (Å²) in [4.78, 5) is 4.22. The van der Waals surface area contributed by atoms with Gasteiger partial charge in [-0.15, -0.1) is 5.73 Å². The highest BCUT2D eigenvalue weighted by Crippen LogP contribution is 2.22. The molecule has 0 aromatic rings. The molecule has 140 valence electrons. The van der Waals surface area contributed by atoms with Gasteiger partial charge in [-0.25, -0.2) is 0 Å². The van der Waals surface area contributed by atoms with Gasteiger partial charge in [-0.1, -0.05) is 37.0 Å². The van der Waals surface area contributed by atoms with E-state index in [1.807, 2.05) is 31.5 Å². The molecule has 1 saturated heterocycles. The average molecular weight is 360 g/mol. The fourth-order valence-corrected chi connectivity index (χ4v) is 3.55. The molecule has 3 aliphatic rings. The molecule has 3 nitrogen and oxygen atoms in total. The summed E-state index contributed by atoms with van der Waals surface area (Å²) in [7, 11) is 0. The van der Waals surface area contributed by atoms with E-state index in [2.05, 4.69) is 64.4 Å². The smallest absolute Gasteiger partial charge is 0.0422 e. The van der Waals surface area contributed by atoms with E-state index in [0.29, 0.717) is 12.0 Å². The molecule has 1 fully saturated rings. The second-order valence-corrected chi connectivity index (χ2v) is 7.04. The zero-order chi connectivity index (χ0) is 18.9. The number of nitrogens with zero attached hydrogens (tertiary/aromatic N) is 1. The Labute approximate surface area is 163 Å². The normalized spacial score (nSPS) is 22.9. The Balaban J connectivity index is 1.70. The highest BCUT2D eigenvalue weighted by atomic mass is 15.0. The van der Waals surface area contributed by atoms with Gasteiger partial charge in [0.05, 0.1) is 0 Å². The van der Waals surface area contributed by atoms with Gasteiger partial charge in [0.15, 0.2) is 0 Å². The number of aliphatic imine (C=N–C) groups is 1. The van der Waals surface area contributed by atoms with E-state index < -0.39 is 0 Å². The number of hydrogen-bond acceptors (Lipinski definition) is 3. The van der Waals surface area contributed by atoms with Gasteiger partial charge in [-0.2, -0.15) is 0 Å². The van der Waals surface area contributed by atoms with Crippen LogP contribution in [0.2, 0.25) is 0 Å². The molecule has 0 saturated carbocycles. The summed E-state index contributed by atoms with van der Waals surface area (Å²) in [5, 5.41) is 7.16. The van der Waals surface area contributed by atoms with Gasteiger partial charge in [-0.05, 0) is 68.1 Å². The van der Waals surface area contributed by atoms with Crippen molar-refractivity contribution >= 4 is 6.21 Å². The minimum Gasteiger partial charge on any atom is -0.381 e. The van der Waals surface area contributed by atoms with Gasteiger partial charge in [0.25, 0.3) is 0 Å². The summed E-state index contributed by atoms with van der Waals surface area (Å²) in [6.45, 7) is 8.51. The average Bonchev–Trinajstić information content (AvgIpc) is 3.01. The summed E-state index contributed by atoms with van der Waals surface area (Å²) in [6.07, 6.45) is 23.7. The van der Waals surface area contributed by atoms with Crippen molar-refractivity contribution in [3.8, 4) is 0 Å². The SMILES string of the molecule is C=C(N[C@H](C/C=C\C=C/C)[C@@H]1CCNC1)C1=C=CC2=C(C=C1)CC=NC=C2. The molecule has 3 rings (SSSR count). The molecule has 1 aliphatic carbocycles. The molecule has 0 radical (unpaired) electrons. The number of allylic oxidation sites excluding steroid dienone is 8.